The molecule has 0 fully saturated rings. The largest absolute Gasteiger partial charge is 0.484 e. The summed E-state index contributed by atoms with van der Waals surface area (Å²) in [4.78, 5) is 12.7. The molecule has 0 aliphatic carbocycles. The molecule has 3 aromatic carbocycles. The molecule has 0 aliphatic heterocycles. The molecule has 3 N–H and O–H groups in total. The Hall–Kier alpha value is -3.42. The molecule has 0 spiro atoms. The summed E-state index contributed by atoms with van der Waals surface area (Å²) in [6.45, 7) is 8.94. The van der Waals surface area contributed by atoms with Gasteiger partial charge in [-0.05, 0) is 157 Å². The van der Waals surface area contributed by atoms with Crippen molar-refractivity contribution in [3.8, 4) is 17.2 Å². The van der Waals surface area contributed by atoms with Crippen molar-refractivity contribution in [2.45, 2.75) is 58.3 Å². The van der Waals surface area contributed by atoms with Crippen molar-refractivity contribution in [2.75, 3.05) is 40.8 Å². The van der Waals surface area contributed by atoms with Gasteiger partial charge in [0.25, 0.3) is 0 Å². The van der Waals surface area contributed by atoms with Crippen LogP contribution in [0.15, 0.2) is 128 Å². The Morgan fingerprint density at radius 2 is 0.800 bits per heavy atom. The number of aromatic nitrogens is 3. The number of pyridine rings is 3. The lowest BCUT2D eigenvalue weighted by atomic mass is 10.1. The Balaban J connectivity index is 0.000000198. The molecule has 0 amide bonds. The second-order valence-electron chi connectivity index (χ2n) is 14.0. The molecule has 0 radical (unpaired) electrons. The van der Waals surface area contributed by atoms with Crippen LogP contribution in [0.3, 0.4) is 0 Å². The number of ether oxygens (including phenoxy) is 3. The highest BCUT2D eigenvalue weighted by molar-refractivity contribution is 14.1. The van der Waals surface area contributed by atoms with Crippen molar-refractivity contribution in [3.63, 3.8) is 0 Å². The monoisotopic (exact) mass is 1150 g/mol. The van der Waals surface area contributed by atoms with Gasteiger partial charge >= 0.3 is 0 Å². The topological polar surface area (TPSA) is 102 Å². The fraction of sp³-hybridized carbons (Fsp3) is 0.312. The maximum absolute atomic E-state index is 6.21. The Labute approximate surface area is 398 Å². The van der Waals surface area contributed by atoms with Crippen LogP contribution in [0, 0.1) is 31.5 Å². The van der Waals surface area contributed by atoms with E-state index in [-0.39, 0.29) is 18.3 Å². The Morgan fingerprint density at radius 3 is 1.22 bits per heavy atom. The SMILES string of the molecule is CNCCC(Oc1cncc(C)c1C)c1ccccc1.CNCCC(Oc1cncc(I)c1C)c1ccccc1.CNCCC(Oc1cncc(I)c1I)c1ccccc1. The summed E-state index contributed by atoms with van der Waals surface area (Å²) < 4.78 is 22.0. The molecule has 9 nitrogen and oxygen atoms in total. The fourth-order valence-corrected chi connectivity index (χ4v) is 7.24. The summed E-state index contributed by atoms with van der Waals surface area (Å²) in [5, 5.41) is 9.55. The summed E-state index contributed by atoms with van der Waals surface area (Å²) in [5.74, 6) is 2.58. The normalized spacial score (nSPS) is 12.2. The number of benzene rings is 3. The van der Waals surface area contributed by atoms with Gasteiger partial charge in [0, 0.05) is 50.6 Å². The number of hydrogen-bond acceptors (Lipinski definition) is 9. The molecule has 0 bridgehead atoms. The van der Waals surface area contributed by atoms with E-state index in [9.17, 15) is 0 Å². The number of hydrogen-bond donors (Lipinski definition) is 3. The van der Waals surface area contributed by atoms with E-state index >= 15 is 0 Å². The van der Waals surface area contributed by atoms with Crippen LogP contribution in [-0.2, 0) is 0 Å². The lowest BCUT2D eigenvalue weighted by Crippen LogP contribution is -2.16. The number of aryl methyl sites for hydroxylation is 1. The highest BCUT2D eigenvalue weighted by Gasteiger charge is 2.18. The number of nitrogens with zero attached hydrogens (tertiary/aromatic N) is 3. The van der Waals surface area contributed by atoms with Crippen LogP contribution in [-0.4, -0.2) is 55.7 Å². The van der Waals surface area contributed by atoms with E-state index < -0.39 is 0 Å². The van der Waals surface area contributed by atoms with Gasteiger partial charge in [0.2, 0.25) is 0 Å². The predicted molar refractivity (Wildman–Crippen MR) is 270 cm³/mol. The first-order chi connectivity index (χ1) is 29.2. The van der Waals surface area contributed by atoms with Gasteiger partial charge in [0.05, 0.1) is 22.2 Å². The highest BCUT2D eigenvalue weighted by atomic mass is 127. The zero-order chi connectivity index (χ0) is 43.1. The van der Waals surface area contributed by atoms with E-state index in [0.717, 1.165) is 83.5 Å². The van der Waals surface area contributed by atoms with Gasteiger partial charge in [0.1, 0.15) is 29.8 Å². The van der Waals surface area contributed by atoms with E-state index in [0.29, 0.717) is 0 Å². The predicted octanol–water partition coefficient (Wildman–Crippen LogP) is 11.2. The molecule has 3 heterocycles. The average molecular weight is 1150 g/mol. The molecule has 3 atom stereocenters. The molecule has 12 heteroatoms. The second-order valence-corrected chi connectivity index (χ2v) is 17.4. The van der Waals surface area contributed by atoms with E-state index in [2.05, 4.69) is 156 Å². The molecule has 3 unspecified atom stereocenters. The van der Waals surface area contributed by atoms with Crippen LogP contribution in [0.4, 0.5) is 0 Å². The molecule has 318 valence electrons. The third-order valence-electron chi connectivity index (χ3n) is 9.63. The lowest BCUT2D eigenvalue weighted by molar-refractivity contribution is 0.192. The summed E-state index contributed by atoms with van der Waals surface area (Å²) >= 11 is 6.87. The summed E-state index contributed by atoms with van der Waals surface area (Å²) in [6.07, 6.45) is 13.9. The number of halogens is 3. The maximum Gasteiger partial charge on any atom is 0.152 e. The Bertz CT molecular complexity index is 1880. The maximum atomic E-state index is 6.21. The molecule has 6 rings (SSSR count). The molecule has 0 saturated carbocycles. The van der Waals surface area contributed by atoms with Gasteiger partial charge in [-0.2, -0.15) is 0 Å². The van der Waals surface area contributed by atoms with Crippen molar-refractivity contribution in [1.29, 1.82) is 0 Å². The van der Waals surface area contributed by atoms with Crippen LogP contribution in [0.2, 0.25) is 0 Å². The molecule has 0 aliphatic rings. The van der Waals surface area contributed by atoms with Crippen molar-refractivity contribution >= 4 is 67.8 Å². The standard InChI is InChI=1S/C17H22N2O.C16H19IN2O.C15H16I2N2O/c1-13-11-19-12-17(14(13)2)20-16(9-10-18-3)15-7-5-4-6-8-15;1-12-14(17)10-19-11-16(12)20-15(8-9-18-2)13-6-4-3-5-7-13;1-18-8-7-13(11-5-3-2-4-6-11)20-14-10-19-9-12(16)15(14)17/h4-8,11-12,16,18H,9-10H2,1-3H3;3-7,10-11,15,18H,8-9H2,1-2H3;2-6,9-10,13,18H,7-8H2,1H3. The first kappa shape index (κ1) is 49.2. The van der Waals surface area contributed by atoms with Crippen LogP contribution in [0.25, 0.3) is 0 Å². The zero-order valence-electron chi connectivity index (χ0n) is 35.3. The summed E-state index contributed by atoms with van der Waals surface area (Å²) in [6, 6.07) is 31.0. The highest BCUT2D eigenvalue weighted by Crippen LogP contribution is 2.31. The minimum absolute atomic E-state index is 0.0390. The van der Waals surface area contributed by atoms with Crippen LogP contribution in [0.5, 0.6) is 17.2 Å². The number of rotatable bonds is 18. The van der Waals surface area contributed by atoms with Crippen molar-refractivity contribution in [3.05, 3.63) is 172 Å². The van der Waals surface area contributed by atoms with Gasteiger partial charge in [-0.3, -0.25) is 15.0 Å². The quantitative estimate of drug-likeness (QED) is 0.0726. The second kappa shape index (κ2) is 27.5. The first-order valence-corrected chi connectivity index (χ1v) is 23.3. The van der Waals surface area contributed by atoms with E-state index in [1.54, 1.807) is 18.6 Å². The van der Waals surface area contributed by atoms with Crippen LogP contribution in [0.1, 0.15) is 71.0 Å². The average Bonchev–Trinajstić information content (AvgIpc) is 3.28. The van der Waals surface area contributed by atoms with E-state index in [4.69, 9.17) is 14.2 Å². The third-order valence-corrected chi connectivity index (χ3v) is 13.7. The third kappa shape index (κ3) is 16.1. The van der Waals surface area contributed by atoms with Gasteiger partial charge in [-0.25, -0.2) is 0 Å². The van der Waals surface area contributed by atoms with Crippen molar-refractivity contribution < 1.29 is 14.2 Å². The van der Waals surface area contributed by atoms with Gasteiger partial charge in [-0.1, -0.05) is 91.0 Å². The first-order valence-electron chi connectivity index (χ1n) is 20.1. The number of nitrogens with one attached hydrogen (secondary N) is 3. The lowest BCUT2D eigenvalue weighted by Gasteiger charge is -2.21. The molecular weight excluding hydrogens is 1090 g/mol. The molecule has 3 aromatic heterocycles. The Morgan fingerprint density at radius 1 is 0.450 bits per heavy atom. The van der Waals surface area contributed by atoms with Crippen LogP contribution < -0.4 is 30.2 Å². The minimum atomic E-state index is 0.0390. The van der Waals surface area contributed by atoms with Crippen molar-refractivity contribution in [2.24, 2.45) is 0 Å². The fourth-order valence-electron chi connectivity index (χ4n) is 5.98. The molecule has 6 aromatic rings. The van der Waals surface area contributed by atoms with E-state index in [1.807, 2.05) is 94.3 Å². The molecule has 0 saturated heterocycles. The Kier molecular flexibility index (Phi) is 22.6. The van der Waals surface area contributed by atoms with Crippen molar-refractivity contribution in [1.82, 2.24) is 30.9 Å². The van der Waals surface area contributed by atoms with Gasteiger partial charge < -0.3 is 30.2 Å². The zero-order valence-corrected chi connectivity index (χ0v) is 41.8. The van der Waals surface area contributed by atoms with Gasteiger partial charge in [-0.15, -0.1) is 0 Å². The van der Waals surface area contributed by atoms with Crippen LogP contribution >= 0.6 is 67.8 Å². The summed E-state index contributed by atoms with van der Waals surface area (Å²) in [7, 11) is 5.88. The summed E-state index contributed by atoms with van der Waals surface area (Å²) in [5.41, 5.74) is 7.04. The molecule has 60 heavy (non-hydrogen) atoms. The molecular formula is C48H57I3N6O3. The minimum Gasteiger partial charge on any atom is -0.484 e. The smallest absolute Gasteiger partial charge is 0.152 e. The van der Waals surface area contributed by atoms with E-state index in [1.165, 1.54) is 16.7 Å². The van der Waals surface area contributed by atoms with Gasteiger partial charge in [0.15, 0.2) is 5.75 Å².